The average Bonchev–Trinajstić information content (AvgIpc) is 2.69. The summed E-state index contributed by atoms with van der Waals surface area (Å²) in [6.45, 7) is 4.00. The molecule has 0 aliphatic heterocycles. The van der Waals surface area contributed by atoms with Gasteiger partial charge in [0.05, 0.1) is 0 Å². The molecule has 6 heteroatoms. The van der Waals surface area contributed by atoms with E-state index >= 15 is 0 Å². The number of hydrogen-bond donors (Lipinski definition) is 1. The number of rotatable bonds is 8. The van der Waals surface area contributed by atoms with E-state index in [0.29, 0.717) is 12.3 Å². The van der Waals surface area contributed by atoms with Gasteiger partial charge in [0.25, 0.3) is 5.91 Å². The van der Waals surface area contributed by atoms with Gasteiger partial charge in [-0.1, -0.05) is 47.1 Å². The first-order valence-corrected chi connectivity index (χ1v) is 9.71. The van der Waals surface area contributed by atoms with E-state index in [9.17, 15) is 9.59 Å². The van der Waals surface area contributed by atoms with E-state index < -0.39 is 6.04 Å². The van der Waals surface area contributed by atoms with Gasteiger partial charge in [0.15, 0.2) is 6.61 Å². The van der Waals surface area contributed by atoms with Crippen molar-refractivity contribution in [2.75, 3.05) is 13.7 Å². The van der Waals surface area contributed by atoms with Crippen LogP contribution in [0.5, 0.6) is 5.75 Å². The molecule has 27 heavy (non-hydrogen) atoms. The lowest BCUT2D eigenvalue weighted by Gasteiger charge is -2.28. The SMILES string of the molecule is CCc1ccc(OCC(=O)N(Cc2cccc(Br)c2)C(C)C(=O)NC)cc1. The molecular formula is C21H25BrN2O3. The Morgan fingerprint density at radius 3 is 2.44 bits per heavy atom. The fourth-order valence-electron chi connectivity index (χ4n) is 2.67. The highest BCUT2D eigenvalue weighted by atomic mass is 79.9. The van der Waals surface area contributed by atoms with E-state index in [1.165, 1.54) is 10.5 Å². The van der Waals surface area contributed by atoms with Crippen LogP contribution >= 0.6 is 15.9 Å². The second-order valence-electron chi connectivity index (χ2n) is 6.23. The maximum atomic E-state index is 12.8. The van der Waals surface area contributed by atoms with Gasteiger partial charge in [0, 0.05) is 18.1 Å². The van der Waals surface area contributed by atoms with Crippen LogP contribution in [0.15, 0.2) is 53.0 Å². The lowest BCUT2D eigenvalue weighted by Crippen LogP contribution is -2.48. The van der Waals surface area contributed by atoms with Crippen molar-refractivity contribution < 1.29 is 14.3 Å². The minimum absolute atomic E-state index is 0.124. The Labute approximate surface area is 168 Å². The Morgan fingerprint density at radius 1 is 1.15 bits per heavy atom. The third kappa shape index (κ3) is 6.10. The molecule has 0 saturated heterocycles. The molecule has 2 amide bonds. The lowest BCUT2D eigenvalue weighted by atomic mass is 10.1. The quantitative estimate of drug-likeness (QED) is 0.693. The maximum absolute atomic E-state index is 12.8. The molecule has 0 saturated carbocycles. The molecule has 2 aromatic carbocycles. The van der Waals surface area contributed by atoms with Crippen molar-refractivity contribution in [3.63, 3.8) is 0 Å². The van der Waals surface area contributed by atoms with Gasteiger partial charge < -0.3 is 15.0 Å². The molecule has 2 rings (SSSR count). The third-order valence-electron chi connectivity index (χ3n) is 4.35. The predicted octanol–water partition coefficient (Wildman–Crippen LogP) is 3.55. The smallest absolute Gasteiger partial charge is 0.261 e. The number of nitrogens with one attached hydrogen (secondary N) is 1. The molecule has 1 unspecified atom stereocenters. The number of carbonyl (C=O) groups excluding carboxylic acids is 2. The van der Waals surface area contributed by atoms with Crippen LogP contribution in [0.2, 0.25) is 0 Å². The number of nitrogens with zero attached hydrogens (tertiary/aromatic N) is 1. The van der Waals surface area contributed by atoms with Crippen LogP contribution in [0.1, 0.15) is 25.0 Å². The van der Waals surface area contributed by atoms with Crippen LogP contribution in [0.3, 0.4) is 0 Å². The van der Waals surface area contributed by atoms with Gasteiger partial charge in [-0.05, 0) is 48.7 Å². The van der Waals surface area contributed by atoms with E-state index in [2.05, 4.69) is 28.2 Å². The predicted molar refractivity (Wildman–Crippen MR) is 110 cm³/mol. The molecule has 144 valence electrons. The van der Waals surface area contributed by atoms with Crippen molar-refractivity contribution in [3.05, 3.63) is 64.1 Å². The van der Waals surface area contributed by atoms with Crippen LogP contribution in [0, 0.1) is 0 Å². The first-order valence-electron chi connectivity index (χ1n) is 8.91. The van der Waals surface area contributed by atoms with Gasteiger partial charge in [-0.25, -0.2) is 0 Å². The molecule has 0 aromatic heterocycles. The Kier molecular flexibility index (Phi) is 7.85. The highest BCUT2D eigenvalue weighted by Crippen LogP contribution is 2.16. The summed E-state index contributed by atoms with van der Waals surface area (Å²) in [4.78, 5) is 26.4. The van der Waals surface area contributed by atoms with Gasteiger partial charge in [0.1, 0.15) is 11.8 Å². The monoisotopic (exact) mass is 432 g/mol. The Balaban J connectivity index is 2.10. The molecule has 0 aliphatic rings. The van der Waals surface area contributed by atoms with Gasteiger partial charge >= 0.3 is 0 Å². The lowest BCUT2D eigenvalue weighted by molar-refractivity contribution is -0.142. The summed E-state index contributed by atoms with van der Waals surface area (Å²) < 4.78 is 6.56. The highest BCUT2D eigenvalue weighted by molar-refractivity contribution is 9.10. The zero-order valence-electron chi connectivity index (χ0n) is 15.9. The van der Waals surface area contributed by atoms with E-state index in [1.54, 1.807) is 14.0 Å². The Bertz CT molecular complexity index is 777. The van der Waals surface area contributed by atoms with Gasteiger partial charge in [-0.3, -0.25) is 9.59 Å². The number of benzene rings is 2. The van der Waals surface area contributed by atoms with Crippen LogP contribution in [0.4, 0.5) is 0 Å². The number of hydrogen-bond acceptors (Lipinski definition) is 3. The van der Waals surface area contributed by atoms with Crippen molar-refractivity contribution in [2.24, 2.45) is 0 Å². The minimum atomic E-state index is -0.604. The maximum Gasteiger partial charge on any atom is 0.261 e. The first kappa shape index (κ1) is 21.0. The standard InChI is InChI=1S/C21H25BrN2O3/c1-4-16-8-10-19(11-9-16)27-14-20(25)24(15(2)21(26)23-3)13-17-6-5-7-18(22)12-17/h5-12,15H,4,13-14H2,1-3H3,(H,23,26). The number of amides is 2. The molecule has 5 nitrogen and oxygen atoms in total. The van der Waals surface area contributed by atoms with Crippen molar-refractivity contribution in [3.8, 4) is 5.75 Å². The molecule has 0 spiro atoms. The van der Waals surface area contributed by atoms with Crippen molar-refractivity contribution in [1.29, 1.82) is 0 Å². The molecule has 1 N–H and O–H groups in total. The second kappa shape index (κ2) is 10.1. The van der Waals surface area contributed by atoms with Crippen LogP contribution in [-0.4, -0.2) is 36.4 Å². The molecule has 0 fully saturated rings. The van der Waals surface area contributed by atoms with E-state index in [-0.39, 0.29) is 18.4 Å². The fraction of sp³-hybridized carbons (Fsp3) is 0.333. The van der Waals surface area contributed by atoms with Crippen molar-refractivity contribution in [2.45, 2.75) is 32.9 Å². The third-order valence-corrected chi connectivity index (χ3v) is 4.84. The van der Waals surface area contributed by atoms with E-state index in [4.69, 9.17) is 4.74 Å². The van der Waals surface area contributed by atoms with E-state index in [0.717, 1.165) is 16.5 Å². The normalized spacial score (nSPS) is 11.6. The zero-order chi connectivity index (χ0) is 19.8. The van der Waals surface area contributed by atoms with Gasteiger partial charge in [0.2, 0.25) is 5.91 Å². The number of ether oxygens (including phenoxy) is 1. The Hall–Kier alpha value is -2.34. The van der Waals surface area contributed by atoms with Crippen LogP contribution < -0.4 is 10.1 Å². The molecule has 1 atom stereocenters. The summed E-state index contributed by atoms with van der Waals surface area (Å²) in [7, 11) is 1.56. The molecule has 0 aliphatic carbocycles. The largest absolute Gasteiger partial charge is 0.484 e. The second-order valence-corrected chi connectivity index (χ2v) is 7.14. The van der Waals surface area contributed by atoms with Crippen molar-refractivity contribution >= 4 is 27.7 Å². The minimum Gasteiger partial charge on any atom is -0.484 e. The number of halogens is 1. The summed E-state index contributed by atoms with van der Waals surface area (Å²) in [5.41, 5.74) is 2.14. The van der Waals surface area contributed by atoms with Gasteiger partial charge in [-0.15, -0.1) is 0 Å². The Morgan fingerprint density at radius 2 is 1.85 bits per heavy atom. The highest BCUT2D eigenvalue weighted by Gasteiger charge is 2.25. The summed E-state index contributed by atoms with van der Waals surface area (Å²) in [6.07, 6.45) is 0.948. The summed E-state index contributed by atoms with van der Waals surface area (Å²) in [6, 6.07) is 14.7. The number of carbonyl (C=O) groups is 2. The summed E-state index contributed by atoms with van der Waals surface area (Å²) in [5, 5.41) is 2.60. The molecular weight excluding hydrogens is 408 g/mol. The topological polar surface area (TPSA) is 58.6 Å². The van der Waals surface area contributed by atoms with Crippen LogP contribution in [0.25, 0.3) is 0 Å². The zero-order valence-corrected chi connectivity index (χ0v) is 17.5. The molecule has 0 bridgehead atoms. The molecule has 0 heterocycles. The molecule has 0 radical (unpaired) electrons. The fourth-order valence-corrected chi connectivity index (χ4v) is 3.12. The van der Waals surface area contributed by atoms with Crippen molar-refractivity contribution in [1.82, 2.24) is 10.2 Å². The molecule has 2 aromatic rings. The van der Waals surface area contributed by atoms with Crippen LogP contribution in [-0.2, 0) is 22.6 Å². The number of likely N-dealkylation sites (N-methyl/N-ethyl adjacent to an activating group) is 1. The van der Waals surface area contributed by atoms with E-state index in [1.807, 2.05) is 48.5 Å². The number of aryl methyl sites for hydroxylation is 1. The average molecular weight is 433 g/mol. The summed E-state index contributed by atoms with van der Waals surface area (Å²) >= 11 is 3.43. The first-order chi connectivity index (χ1) is 12.9. The summed E-state index contributed by atoms with van der Waals surface area (Å²) in [5.74, 6) is 0.173. The van der Waals surface area contributed by atoms with Gasteiger partial charge in [-0.2, -0.15) is 0 Å².